The fourth-order valence-electron chi connectivity index (χ4n) is 16.3. The Morgan fingerprint density at radius 2 is 0.607 bits per heavy atom. The normalized spacial score (nSPS) is 16.2. The van der Waals surface area contributed by atoms with Crippen molar-refractivity contribution in [3.05, 3.63) is 180 Å². The molecule has 0 N–H and O–H groups in total. The summed E-state index contributed by atoms with van der Waals surface area (Å²) in [5.74, 6) is 0. The first-order valence-electron chi connectivity index (χ1n) is 42.1. The zero-order valence-electron chi connectivity index (χ0n) is 66.9. The topological polar surface area (TPSA) is 121 Å². The van der Waals surface area contributed by atoms with Crippen molar-refractivity contribution in [2.45, 2.75) is 157 Å². The van der Waals surface area contributed by atoms with Gasteiger partial charge in [-0.3, -0.25) is 0 Å². The van der Waals surface area contributed by atoms with Gasteiger partial charge in [-0.25, -0.2) is 0 Å². The number of hydrogen-bond donors (Lipinski definition) is 0. The maximum Gasteiger partial charge on any atom is 0.0717 e. The Kier molecular flexibility index (Phi) is 27.9. The molecule has 8 aromatic carbocycles. The Morgan fingerprint density at radius 3 is 0.991 bits per heavy atom. The molecule has 12 aromatic rings. The molecule has 8 heterocycles. The first kappa shape index (κ1) is 80.5. The lowest BCUT2D eigenvalue weighted by atomic mass is 9.84. The van der Waals surface area contributed by atoms with E-state index >= 15 is 0 Å². The summed E-state index contributed by atoms with van der Waals surface area (Å²) in [7, 11) is 0. The molecule has 0 amide bonds. The van der Waals surface area contributed by atoms with Crippen LogP contribution in [0.5, 0.6) is 0 Å². The quantitative estimate of drug-likeness (QED) is 0.0338. The number of fused-ring (bicyclic) bond motifs is 14. The lowest BCUT2D eigenvalue weighted by Crippen LogP contribution is -2.45. The number of rotatable bonds is 46. The number of hydrogen-bond acceptors (Lipinski definition) is 14. The van der Waals surface area contributed by atoms with Crippen LogP contribution in [-0.4, -0.2) is 141 Å². The molecule has 4 aliphatic heterocycles. The van der Waals surface area contributed by atoms with Crippen LogP contribution in [0.15, 0.2) is 158 Å². The van der Waals surface area contributed by atoms with Crippen LogP contribution in [0.25, 0.3) is 95.3 Å². The molecule has 16 rings (SSSR count). The molecule has 596 valence electrons. The highest BCUT2D eigenvalue weighted by molar-refractivity contribution is 7.27. The van der Waals surface area contributed by atoms with E-state index in [1.807, 2.05) is 22.7 Å². The maximum absolute atomic E-state index is 6.25. The molecule has 16 heteroatoms. The van der Waals surface area contributed by atoms with Crippen LogP contribution in [0.3, 0.4) is 0 Å². The van der Waals surface area contributed by atoms with Gasteiger partial charge in [-0.05, 0) is 216 Å². The lowest BCUT2D eigenvalue weighted by molar-refractivity contribution is -0.150. The molecule has 4 saturated heterocycles. The molecular formula is C96H118N2O12S2. The molecule has 14 nitrogen and oxygen atoms in total. The van der Waals surface area contributed by atoms with Gasteiger partial charge in [-0.2, -0.15) is 0 Å². The van der Waals surface area contributed by atoms with Gasteiger partial charge >= 0.3 is 0 Å². The zero-order valence-corrected chi connectivity index (χ0v) is 68.5. The van der Waals surface area contributed by atoms with E-state index in [-0.39, 0.29) is 21.7 Å². The van der Waals surface area contributed by atoms with Gasteiger partial charge in [-0.15, -0.1) is 22.7 Å². The molecule has 0 bridgehead atoms. The van der Waals surface area contributed by atoms with Crippen LogP contribution >= 0.6 is 22.7 Å². The fourth-order valence-corrected chi connectivity index (χ4v) is 18.7. The van der Waals surface area contributed by atoms with Gasteiger partial charge in [0.1, 0.15) is 0 Å². The van der Waals surface area contributed by atoms with Crippen LogP contribution in [-0.2, 0) is 83.3 Å². The molecule has 0 aliphatic carbocycles. The van der Waals surface area contributed by atoms with E-state index in [0.717, 1.165) is 235 Å². The second-order valence-corrected chi connectivity index (χ2v) is 34.8. The Balaban J connectivity index is 0.000000177. The molecule has 0 atom stereocenters. The molecular weight excluding hydrogens is 1440 g/mol. The number of unbranched alkanes of at least 4 members (excludes halogenated alkanes) is 8. The number of benzene rings is 8. The van der Waals surface area contributed by atoms with Crippen molar-refractivity contribution in [3.63, 3.8) is 0 Å². The minimum absolute atomic E-state index is 0.262. The summed E-state index contributed by atoms with van der Waals surface area (Å²) in [6.07, 6.45) is 17.4. The Hall–Kier alpha value is -6.68. The average Bonchev–Trinajstić information content (AvgIpc) is 1.56. The highest BCUT2D eigenvalue weighted by Gasteiger charge is 2.40. The van der Waals surface area contributed by atoms with Crippen molar-refractivity contribution < 1.29 is 56.8 Å². The van der Waals surface area contributed by atoms with Crippen LogP contribution in [0.1, 0.15) is 153 Å². The first-order chi connectivity index (χ1) is 55.2. The van der Waals surface area contributed by atoms with Gasteiger partial charge < -0.3 is 66.0 Å². The van der Waals surface area contributed by atoms with Crippen LogP contribution < -0.4 is 0 Å². The predicted molar refractivity (Wildman–Crippen MR) is 459 cm³/mol. The maximum atomic E-state index is 6.25. The Morgan fingerprint density at radius 1 is 0.286 bits per heavy atom. The third-order valence-electron chi connectivity index (χ3n) is 24.3. The van der Waals surface area contributed by atoms with E-state index in [4.69, 9.17) is 56.8 Å². The fraction of sp³-hybridized carbons (Fsp3) is 0.500. The molecule has 112 heavy (non-hydrogen) atoms. The SMILES string of the molecule is CCC1(COCCCCCOCc2ccc3sc4c(ccc5c4c4cc(COCCCCCOCC6(CC)COC6)ccc4n5-c4ccccc4)c3c2)COC1.CCC1(COCCCCCOCc2ccc3sc4ccc5c(c6cc(COCCCCCOCC7(CC)COC7)ccc6n5-c5ccccc5)c4c3c2)COC1. The van der Waals surface area contributed by atoms with Crippen LogP contribution in [0.2, 0.25) is 0 Å². The highest BCUT2D eigenvalue weighted by Crippen LogP contribution is 2.47. The number of ether oxygens (including phenoxy) is 12. The van der Waals surface area contributed by atoms with Crippen molar-refractivity contribution >= 4 is 107 Å². The molecule has 4 fully saturated rings. The highest BCUT2D eigenvalue weighted by atomic mass is 32.1. The molecule has 0 unspecified atom stereocenters. The molecule has 0 radical (unpaired) electrons. The number of thiophene rings is 2. The van der Waals surface area contributed by atoms with Crippen LogP contribution in [0, 0.1) is 21.7 Å². The van der Waals surface area contributed by atoms with E-state index in [2.05, 4.69) is 195 Å². The van der Waals surface area contributed by atoms with Gasteiger partial charge in [-0.1, -0.05) is 94.4 Å². The van der Waals surface area contributed by atoms with E-state index in [0.29, 0.717) is 26.4 Å². The molecule has 4 aromatic heterocycles. The van der Waals surface area contributed by atoms with Crippen molar-refractivity contribution in [2.75, 3.05) is 132 Å². The van der Waals surface area contributed by atoms with Crippen molar-refractivity contribution in [3.8, 4) is 11.4 Å². The zero-order chi connectivity index (χ0) is 76.4. The number of aromatic nitrogens is 2. The number of para-hydroxylation sites is 2. The number of nitrogens with zero attached hydrogens (tertiary/aromatic N) is 2. The summed E-state index contributed by atoms with van der Waals surface area (Å²) >= 11 is 3.77. The summed E-state index contributed by atoms with van der Waals surface area (Å²) in [6.45, 7) is 27.8. The van der Waals surface area contributed by atoms with Crippen LogP contribution in [0.4, 0.5) is 0 Å². The minimum atomic E-state index is 0.262. The summed E-state index contributed by atoms with van der Waals surface area (Å²) < 4.78 is 80.6. The second-order valence-electron chi connectivity index (χ2n) is 32.6. The molecule has 0 spiro atoms. The monoisotopic (exact) mass is 1550 g/mol. The van der Waals surface area contributed by atoms with Gasteiger partial charge in [0.25, 0.3) is 0 Å². The predicted octanol–water partition coefficient (Wildman–Crippen LogP) is 22.8. The van der Waals surface area contributed by atoms with Crippen molar-refractivity contribution in [1.82, 2.24) is 9.13 Å². The van der Waals surface area contributed by atoms with Gasteiger partial charge in [0.05, 0.1) is 128 Å². The summed E-state index contributed by atoms with van der Waals surface area (Å²) in [4.78, 5) is 0. The summed E-state index contributed by atoms with van der Waals surface area (Å²) in [6, 6.07) is 58.2. The van der Waals surface area contributed by atoms with E-state index in [1.165, 1.54) is 118 Å². The summed E-state index contributed by atoms with van der Waals surface area (Å²) in [5.41, 5.74) is 13.1. The average molecular weight is 1560 g/mol. The van der Waals surface area contributed by atoms with Gasteiger partial charge in [0, 0.05) is 148 Å². The van der Waals surface area contributed by atoms with E-state index in [9.17, 15) is 0 Å². The lowest BCUT2D eigenvalue weighted by Gasteiger charge is -2.40. The van der Waals surface area contributed by atoms with Crippen molar-refractivity contribution in [1.29, 1.82) is 0 Å². The van der Waals surface area contributed by atoms with Crippen molar-refractivity contribution in [2.24, 2.45) is 21.7 Å². The third kappa shape index (κ3) is 18.9. The summed E-state index contributed by atoms with van der Waals surface area (Å²) in [5, 5.41) is 10.4. The van der Waals surface area contributed by atoms with E-state index < -0.39 is 0 Å². The first-order valence-corrected chi connectivity index (χ1v) is 43.7. The largest absolute Gasteiger partial charge is 0.381 e. The smallest absolute Gasteiger partial charge is 0.0717 e. The minimum Gasteiger partial charge on any atom is -0.381 e. The van der Waals surface area contributed by atoms with Gasteiger partial charge in [0.15, 0.2) is 0 Å². The molecule has 0 saturated carbocycles. The standard InChI is InChI=1S/2C48H59NO6S/c1-3-47(32-54-33-47)30-52-24-12-6-10-22-50-28-36-16-19-42-41(27-36)45-43(49(42)38-14-8-5-9-15-38)20-18-39-40-26-37(17-21-44(40)56-46(39)45)29-51-23-11-7-13-25-53-31-48(4-2)34-55-35-48;1-3-47(32-54-33-47)30-52-24-12-6-10-22-50-28-36-16-18-41-39(26-36)45-42(49(41)38-14-8-5-9-15-38)19-21-44-46(45)40-27-37(17-20-43(40)56-44)29-51-23-11-7-13-25-53-31-48(4-2)34-55-35-48/h2*5,8-9,14-21,26-27H,3-4,6-7,10-13,22-25,28-35H2,1-2H3. The molecule has 4 aliphatic rings. The van der Waals surface area contributed by atoms with Gasteiger partial charge in [0.2, 0.25) is 0 Å². The Bertz CT molecular complexity index is 4960. The van der Waals surface area contributed by atoms with E-state index in [1.54, 1.807) is 0 Å². The second kappa shape index (κ2) is 38.8. The third-order valence-corrected chi connectivity index (χ3v) is 26.6. The Labute approximate surface area is 670 Å².